The van der Waals surface area contributed by atoms with Crippen LogP contribution in [0.15, 0.2) is 48.8 Å². The minimum absolute atomic E-state index is 0.0552. The molecule has 1 amide bonds. The summed E-state index contributed by atoms with van der Waals surface area (Å²) in [7, 11) is 0. The third-order valence-electron chi connectivity index (χ3n) is 4.63. The van der Waals surface area contributed by atoms with E-state index in [4.69, 9.17) is 11.6 Å². The van der Waals surface area contributed by atoms with Gasteiger partial charge in [0.2, 0.25) is 5.91 Å². The van der Waals surface area contributed by atoms with Crippen LogP contribution in [0.5, 0.6) is 0 Å². The fourth-order valence-electron chi connectivity index (χ4n) is 3.31. The highest BCUT2D eigenvalue weighted by Crippen LogP contribution is 2.25. The van der Waals surface area contributed by atoms with E-state index in [2.05, 4.69) is 15.4 Å². The highest BCUT2D eigenvalue weighted by atomic mass is 35.5. The number of rotatable bonds is 4. The molecule has 7 heteroatoms. The highest BCUT2D eigenvalue weighted by molar-refractivity contribution is 6.31. The number of hydrogen-bond donors (Lipinski definition) is 1. The number of amides is 1. The van der Waals surface area contributed by atoms with Gasteiger partial charge in [0.15, 0.2) is 11.5 Å². The van der Waals surface area contributed by atoms with Gasteiger partial charge in [-0.05, 0) is 62.2 Å². The van der Waals surface area contributed by atoms with E-state index in [0.29, 0.717) is 16.4 Å². The second-order valence-corrected chi connectivity index (χ2v) is 7.29. The third kappa shape index (κ3) is 3.39. The summed E-state index contributed by atoms with van der Waals surface area (Å²) in [6.45, 7) is 5.95. The van der Waals surface area contributed by atoms with Gasteiger partial charge in [-0.15, -0.1) is 0 Å². The Morgan fingerprint density at radius 2 is 1.86 bits per heavy atom. The van der Waals surface area contributed by atoms with Gasteiger partial charge in [-0.2, -0.15) is 5.10 Å². The van der Waals surface area contributed by atoms with E-state index in [1.165, 1.54) is 0 Å². The Morgan fingerprint density at radius 1 is 1.11 bits per heavy atom. The number of pyridine rings is 1. The first kappa shape index (κ1) is 18.3. The molecule has 0 spiro atoms. The Labute approximate surface area is 167 Å². The van der Waals surface area contributed by atoms with Crippen LogP contribution in [0.1, 0.15) is 16.8 Å². The number of carbonyl (C=O) groups is 1. The zero-order chi connectivity index (χ0) is 19.8. The van der Waals surface area contributed by atoms with Crippen molar-refractivity contribution in [1.29, 1.82) is 0 Å². The second kappa shape index (κ2) is 7.13. The van der Waals surface area contributed by atoms with Crippen LogP contribution in [0.25, 0.3) is 16.9 Å². The van der Waals surface area contributed by atoms with E-state index in [0.717, 1.165) is 28.0 Å². The number of anilines is 1. The molecular weight excluding hydrogens is 374 g/mol. The fraction of sp³-hybridized carbons (Fsp3) is 0.190. The van der Waals surface area contributed by atoms with Gasteiger partial charge in [-0.25, -0.2) is 9.67 Å². The topological polar surface area (TPSA) is 64.7 Å². The average molecular weight is 394 g/mol. The number of hydrogen-bond acceptors (Lipinski definition) is 3. The van der Waals surface area contributed by atoms with Crippen molar-refractivity contribution in [1.82, 2.24) is 19.3 Å². The van der Waals surface area contributed by atoms with Crippen molar-refractivity contribution in [2.45, 2.75) is 27.3 Å². The number of benzene rings is 1. The molecule has 0 aliphatic heterocycles. The van der Waals surface area contributed by atoms with Gasteiger partial charge in [0, 0.05) is 28.8 Å². The van der Waals surface area contributed by atoms with Crippen molar-refractivity contribution in [3.05, 3.63) is 70.6 Å². The quantitative estimate of drug-likeness (QED) is 0.557. The molecule has 3 aromatic heterocycles. The lowest BCUT2D eigenvalue weighted by Gasteiger charge is -2.09. The largest absolute Gasteiger partial charge is 0.324 e. The van der Waals surface area contributed by atoms with Crippen molar-refractivity contribution in [2.24, 2.45) is 0 Å². The summed E-state index contributed by atoms with van der Waals surface area (Å²) in [5, 5.41) is 9.12. The molecule has 0 unspecified atom stereocenters. The minimum Gasteiger partial charge on any atom is -0.324 e. The first-order valence-corrected chi connectivity index (χ1v) is 9.34. The van der Waals surface area contributed by atoms with Crippen LogP contribution >= 0.6 is 11.6 Å². The maximum atomic E-state index is 12.7. The zero-order valence-corrected chi connectivity index (χ0v) is 16.7. The zero-order valence-electron chi connectivity index (χ0n) is 15.9. The Kier molecular flexibility index (Phi) is 4.65. The molecule has 6 nitrogen and oxygen atoms in total. The number of aromatic nitrogens is 4. The molecule has 28 heavy (non-hydrogen) atoms. The van der Waals surface area contributed by atoms with E-state index < -0.39 is 0 Å². The Hall–Kier alpha value is -3.12. The molecule has 0 aliphatic rings. The van der Waals surface area contributed by atoms with Crippen LogP contribution in [0.4, 0.5) is 5.69 Å². The van der Waals surface area contributed by atoms with Crippen molar-refractivity contribution < 1.29 is 4.79 Å². The van der Waals surface area contributed by atoms with Gasteiger partial charge in [0.05, 0.1) is 5.39 Å². The van der Waals surface area contributed by atoms with Crippen molar-refractivity contribution in [2.75, 3.05) is 5.32 Å². The molecule has 3 heterocycles. The van der Waals surface area contributed by atoms with Crippen LogP contribution in [0.3, 0.4) is 0 Å². The number of aryl methyl sites for hydroxylation is 3. The summed E-state index contributed by atoms with van der Waals surface area (Å²) in [4.78, 5) is 17.3. The molecule has 4 rings (SSSR count). The predicted molar refractivity (Wildman–Crippen MR) is 111 cm³/mol. The van der Waals surface area contributed by atoms with E-state index in [9.17, 15) is 4.79 Å². The normalized spacial score (nSPS) is 11.1. The monoisotopic (exact) mass is 393 g/mol. The molecule has 142 valence electrons. The summed E-state index contributed by atoms with van der Waals surface area (Å²) in [5.74, 6) is 0.575. The summed E-state index contributed by atoms with van der Waals surface area (Å²) in [5.41, 5.74) is 4.29. The van der Waals surface area contributed by atoms with Crippen molar-refractivity contribution >= 4 is 34.2 Å². The standard InChI is InChI=1S/C21H20ClN5O/c1-13-6-7-16(22)11-17(13)24-18(28)12-27-20-19(14(2)10-15(3)23-20)21(25-27)26-8-4-5-9-26/h4-11H,12H2,1-3H3,(H,24,28). The predicted octanol–water partition coefficient (Wildman–Crippen LogP) is 4.44. The molecule has 1 aromatic carbocycles. The Bertz CT molecular complexity index is 1180. The van der Waals surface area contributed by atoms with Gasteiger partial charge in [-0.3, -0.25) is 4.79 Å². The first-order chi connectivity index (χ1) is 13.4. The second-order valence-electron chi connectivity index (χ2n) is 6.86. The van der Waals surface area contributed by atoms with Gasteiger partial charge in [0.1, 0.15) is 6.54 Å². The molecule has 0 radical (unpaired) electrons. The average Bonchev–Trinajstić information content (AvgIpc) is 3.26. The van der Waals surface area contributed by atoms with Gasteiger partial charge < -0.3 is 9.88 Å². The minimum atomic E-state index is -0.185. The Morgan fingerprint density at radius 3 is 2.61 bits per heavy atom. The molecule has 0 saturated heterocycles. The van der Waals surface area contributed by atoms with Gasteiger partial charge in [0.25, 0.3) is 0 Å². The first-order valence-electron chi connectivity index (χ1n) is 8.96. The van der Waals surface area contributed by atoms with Crippen molar-refractivity contribution in [3.8, 4) is 5.82 Å². The maximum absolute atomic E-state index is 12.7. The third-order valence-corrected chi connectivity index (χ3v) is 4.86. The molecule has 4 aromatic rings. The lowest BCUT2D eigenvalue weighted by molar-refractivity contribution is -0.116. The van der Waals surface area contributed by atoms with Crippen LogP contribution in [0.2, 0.25) is 5.02 Å². The number of fused-ring (bicyclic) bond motifs is 1. The smallest absolute Gasteiger partial charge is 0.246 e. The molecule has 0 aliphatic carbocycles. The fourth-order valence-corrected chi connectivity index (χ4v) is 3.49. The van der Waals surface area contributed by atoms with Crippen molar-refractivity contribution in [3.63, 3.8) is 0 Å². The number of nitrogens with one attached hydrogen (secondary N) is 1. The van der Waals surface area contributed by atoms with E-state index in [1.54, 1.807) is 16.8 Å². The molecule has 0 atom stereocenters. The van der Waals surface area contributed by atoms with Gasteiger partial charge >= 0.3 is 0 Å². The summed E-state index contributed by atoms with van der Waals surface area (Å²) < 4.78 is 3.59. The van der Waals surface area contributed by atoms with Crippen LogP contribution in [-0.2, 0) is 11.3 Å². The summed E-state index contributed by atoms with van der Waals surface area (Å²) in [6, 6.07) is 11.3. The molecule has 0 bridgehead atoms. The summed E-state index contributed by atoms with van der Waals surface area (Å²) >= 11 is 6.05. The maximum Gasteiger partial charge on any atom is 0.246 e. The van der Waals surface area contributed by atoms with Crippen LogP contribution in [-0.4, -0.2) is 25.2 Å². The highest BCUT2D eigenvalue weighted by Gasteiger charge is 2.18. The summed E-state index contributed by atoms with van der Waals surface area (Å²) in [6.07, 6.45) is 3.86. The van der Waals surface area contributed by atoms with Crippen LogP contribution < -0.4 is 5.32 Å². The molecular formula is C21H20ClN5O. The molecule has 0 fully saturated rings. The number of carbonyl (C=O) groups excluding carboxylic acids is 1. The van der Waals surface area contributed by atoms with E-state index in [1.807, 2.05) is 62.0 Å². The lowest BCUT2D eigenvalue weighted by atomic mass is 10.2. The number of nitrogens with zero attached hydrogens (tertiary/aromatic N) is 4. The molecule has 1 N–H and O–H groups in total. The Balaban J connectivity index is 1.72. The lowest BCUT2D eigenvalue weighted by Crippen LogP contribution is -2.20. The molecule has 0 saturated carbocycles. The van der Waals surface area contributed by atoms with E-state index >= 15 is 0 Å². The van der Waals surface area contributed by atoms with E-state index in [-0.39, 0.29) is 12.5 Å². The number of halogens is 1. The van der Waals surface area contributed by atoms with Crippen LogP contribution in [0, 0.1) is 20.8 Å². The SMILES string of the molecule is Cc1cc(C)c2c(-n3cccc3)nn(CC(=O)Nc3cc(Cl)ccc3C)c2n1. The van der Waals surface area contributed by atoms with Gasteiger partial charge in [-0.1, -0.05) is 17.7 Å².